The number of anilines is 2. The molecule has 156 valence electrons. The van der Waals surface area contributed by atoms with Crippen molar-refractivity contribution >= 4 is 23.1 Å². The van der Waals surface area contributed by atoms with E-state index in [0.29, 0.717) is 24.0 Å². The van der Waals surface area contributed by atoms with Crippen molar-refractivity contribution in [3.05, 3.63) is 65.0 Å². The summed E-state index contributed by atoms with van der Waals surface area (Å²) in [5, 5.41) is 11.1. The molecule has 2 N–H and O–H groups in total. The molecule has 1 fully saturated rings. The minimum Gasteiger partial charge on any atom is -0.366 e. The molecule has 0 atom stereocenters. The Morgan fingerprint density at radius 2 is 2.10 bits per heavy atom. The maximum Gasteiger partial charge on any atom is 0.250 e. The van der Waals surface area contributed by atoms with Crippen LogP contribution in [0.25, 0.3) is 5.65 Å². The molecule has 0 saturated heterocycles. The second-order valence-corrected chi connectivity index (χ2v) is 8.31. The van der Waals surface area contributed by atoms with Gasteiger partial charge in [0.25, 0.3) is 5.91 Å². The van der Waals surface area contributed by atoms with E-state index in [2.05, 4.69) is 35.6 Å². The smallest absolute Gasteiger partial charge is 0.250 e. The highest BCUT2D eigenvalue weighted by Gasteiger charge is 2.27. The number of rotatable bonds is 7. The van der Waals surface area contributed by atoms with Crippen molar-refractivity contribution in [1.29, 1.82) is 0 Å². The molecule has 4 rings (SSSR count). The summed E-state index contributed by atoms with van der Waals surface area (Å²) in [5.74, 6) is 1.82. The lowest BCUT2D eigenvalue weighted by Crippen LogP contribution is -2.13. The highest BCUT2D eigenvalue weighted by molar-refractivity contribution is 6.03. The van der Waals surface area contributed by atoms with Gasteiger partial charge in [0.2, 0.25) is 0 Å². The molecule has 0 spiro atoms. The van der Waals surface area contributed by atoms with Gasteiger partial charge in [0.1, 0.15) is 5.82 Å². The van der Waals surface area contributed by atoms with Crippen molar-refractivity contribution in [2.75, 3.05) is 10.6 Å². The van der Waals surface area contributed by atoms with Crippen LogP contribution in [0, 0.1) is 0 Å². The fraction of sp³-hybridized carbons (Fsp3) is 0.375. The zero-order valence-electron chi connectivity index (χ0n) is 18.1. The van der Waals surface area contributed by atoms with E-state index in [1.807, 2.05) is 54.9 Å². The summed E-state index contributed by atoms with van der Waals surface area (Å²) in [6.07, 6.45) is 6.15. The Morgan fingerprint density at radius 3 is 2.80 bits per heavy atom. The molecule has 0 bridgehead atoms. The molecular weight excluding hydrogens is 374 g/mol. The Bertz CT molecular complexity index is 1110. The molecule has 0 radical (unpaired) electrons. The summed E-state index contributed by atoms with van der Waals surface area (Å²) < 4.78 is 1.91. The van der Waals surface area contributed by atoms with E-state index in [1.165, 1.54) is 18.4 Å². The first-order valence-electron chi connectivity index (χ1n) is 10.6. The fourth-order valence-electron chi connectivity index (χ4n) is 3.43. The van der Waals surface area contributed by atoms with E-state index in [0.717, 1.165) is 28.4 Å². The number of carbonyl (C=O) groups excluding carboxylic acids is 1. The van der Waals surface area contributed by atoms with Crippen LogP contribution in [0.2, 0.25) is 0 Å². The summed E-state index contributed by atoms with van der Waals surface area (Å²) in [6, 6.07) is 10.0. The Morgan fingerprint density at radius 1 is 1.30 bits per heavy atom. The van der Waals surface area contributed by atoms with Gasteiger partial charge < -0.3 is 10.6 Å². The zero-order chi connectivity index (χ0) is 21.3. The van der Waals surface area contributed by atoms with Crippen LogP contribution in [0.5, 0.6) is 0 Å². The van der Waals surface area contributed by atoms with Gasteiger partial charge in [-0.05, 0) is 50.3 Å². The lowest BCUT2D eigenvalue weighted by atomic mass is 10.1. The lowest BCUT2D eigenvalue weighted by Gasteiger charge is -2.12. The number of amides is 1. The molecule has 2 heterocycles. The molecule has 1 aliphatic carbocycles. The molecule has 1 saturated carbocycles. The highest BCUT2D eigenvalue weighted by Crippen LogP contribution is 2.40. The van der Waals surface area contributed by atoms with Gasteiger partial charge in [-0.25, -0.2) is 4.98 Å². The number of hydrogen-bond donors (Lipinski definition) is 2. The Hall–Kier alpha value is -3.15. The van der Waals surface area contributed by atoms with Gasteiger partial charge in [0, 0.05) is 41.0 Å². The van der Waals surface area contributed by atoms with E-state index < -0.39 is 0 Å². The van der Waals surface area contributed by atoms with Gasteiger partial charge in [-0.15, -0.1) is 0 Å². The average Bonchev–Trinajstić information content (AvgIpc) is 3.50. The third kappa shape index (κ3) is 4.22. The third-order valence-corrected chi connectivity index (χ3v) is 5.59. The van der Waals surface area contributed by atoms with Crippen LogP contribution in [0.3, 0.4) is 0 Å². The van der Waals surface area contributed by atoms with Crippen molar-refractivity contribution in [2.24, 2.45) is 0 Å². The Kier molecular flexibility index (Phi) is 5.57. The van der Waals surface area contributed by atoms with Crippen molar-refractivity contribution in [1.82, 2.24) is 14.6 Å². The van der Waals surface area contributed by atoms with Crippen molar-refractivity contribution in [3.8, 4) is 0 Å². The first-order valence-corrected chi connectivity index (χ1v) is 10.6. The van der Waals surface area contributed by atoms with Crippen LogP contribution in [0.15, 0.2) is 48.2 Å². The van der Waals surface area contributed by atoms with E-state index >= 15 is 0 Å². The number of allylic oxidation sites excluding steroid dienone is 1. The lowest BCUT2D eigenvalue weighted by molar-refractivity contribution is -0.112. The summed E-state index contributed by atoms with van der Waals surface area (Å²) in [6.45, 7) is 8.64. The van der Waals surface area contributed by atoms with E-state index in [1.54, 1.807) is 0 Å². The van der Waals surface area contributed by atoms with Gasteiger partial charge in [0.05, 0.1) is 6.20 Å². The normalized spacial score (nSPS) is 14.4. The predicted octanol–water partition coefficient (Wildman–Crippen LogP) is 5.25. The van der Waals surface area contributed by atoms with E-state index in [9.17, 15) is 4.79 Å². The molecule has 6 heteroatoms. The number of nitrogens with one attached hydrogen (secondary N) is 2. The van der Waals surface area contributed by atoms with Crippen molar-refractivity contribution < 1.29 is 4.79 Å². The number of carbonyl (C=O) groups is 1. The summed E-state index contributed by atoms with van der Waals surface area (Å²) in [4.78, 5) is 17.0. The third-order valence-electron chi connectivity index (χ3n) is 5.59. The molecular formula is C24H29N5O. The zero-order valence-corrected chi connectivity index (χ0v) is 18.1. The summed E-state index contributed by atoms with van der Waals surface area (Å²) in [7, 11) is 0. The molecule has 2 aromatic heterocycles. The molecule has 30 heavy (non-hydrogen) atoms. The van der Waals surface area contributed by atoms with Crippen LogP contribution in [0.4, 0.5) is 11.5 Å². The Balaban J connectivity index is 1.56. The number of benzene rings is 1. The predicted molar refractivity (Wildman–Crippen MR) is 121 cm³/mol. The fourth-order valence-corrected chi connectivity index (χ4v) is 3.43. The summed E-state index contributed by atoms with van der Waals surface area (Å²) in [5.41, 5.74) is 5.84. The minimum absolute atomic E-state index is 0.0784. The second kappa shape index (κ2) is 8.30. The second-order valence-electron chi connectivity index (χ2n) is 8.31. The van der Waals surface area contributed by atoms with Crippen LogP contribution < -0.4 is 10.6 Å². The first-order chi connectivity index (χ1) is 14.5. The van der Waals surface area contributed by atoms with Crippen LogP contribution in [0.1, 0.15) is 69.2 Å². The largest absolute Gasteiger partial charge is 0.366 e. The number of nitrogens with zero attached hydrogens (tertiary/aromatic N) is 3. The molecule has 0 aliphatic heterocycles. The first kappa shape index (κ1) is 20.1. The Labute approximate surface area is 177 Å². The summed E-state index contributed by atoms with van der Waals surface area (Å²) >= 11 is 0. The monoisotopic (exact) mass is 403 g/mol. The minimum atomic E-state index is -0.0784. The van der Waals surface area contributed by atoms with Crippen molar-refractivity contribution in [2.45, 2.75) is 58.9 Å². The number of aromatic nitrogens is 3. The highest BCUT2D eigenvalue weighted by atomic mass is 16.1. The van der Waals surface area contributed by atoms with Gasteiger partial charge in [-0.2, -0.15) is 9.61 Å². The maximum atomic E-state index is 12.1. The van der Waals surface area contributed by atoms with Gasteiger partial charge in [-0.1, -0.05) is 32.1 Å². The SMILES string of the molecule is C/C=C(/C)C(=O)Nc1cccc(CNc2cc(C3CC3)nc3c(C(C)C)cnn23)c1. The van der Waals surface area contributed by atoms with Gasteiger partial charge in [-0.3, -0.25) is 4.79 Å². The average molecular weight is 404 g/mol. The van der Waals surface area contributed by atoms with Gasteiger partial charge in [0.15, 0.2) is 5.65 Å². The molecule has 3 aromatic rings. The molecule has 1 aromatic carbocycles. The van der Waals surface area contributed by atoms with Crippen molar-refractivity contribution in [3.63, 3.8) is 0 Å². The maximum absolute atomic E-state index is 12.1. The van der Waals surface area contributed by atoms with E-state index in [4.69, 9.17) is 4.98 Å². The van der Waals surface area contributed by atoms with Crippen LogP contribution in [-0.2, 0) is 11.3 Å². The number of hydrogen-bond acceptors (Lipinski definition) is 4. The van der Waals surface area contributed by atoms with Gasteiger partial charge >= 0.3 is 0 Å². The van der Waals surface area contributed by atoms with Crippen LogP contribution >= 0.6 is 0 Å². The quantitative estimate of drug-likeness (QED) is 0.529. The molecule has 0 unspecified atom stereocenters. The number of fused-ring (bicyclic) bond motifs is 1. The van der Waals surface area contributed by atoms with E-state index in [-0.39, 0.29) is 5.91 Å². The molecule has 6 nitrogen and oxygen atoms in total. The molecule has 1 aliphatic rings. The standard InChI is InChI=1S/C24H29N5O/c1-5-16(4)24(30)27-19-8-6-7-17(11-19)13-25-22-12-21(18-9-10-18)28-23-20(15(2)3)14-26-29(22)23/h5-8,11-12,14-15,18,25H,9-10,13H2,1-4H3,(H,27,30)/b16-5-. The molecule has 1 amide bonds. The van der Waals surface area contributed by atoms with Crippen LogP contribution in [-0.4, -0.2) is 20.5 Å². The topological polar surface area (TPSA) is 71.3 Å².